The summed E-state index contributed by atoms with van der Waals surface area (Å²) in [6, 6.07) is 8.36. The third-order valence-electron chi connectivity index (χ3n) is 3.34. The summed E-state index contributed by atoms with van der Waals surface area (Å²) < 4.78 is 0. The highest BCUT2D eigenvalue weighted by Crippen LogP contribution is 2.33. The zero-order valence-corrected chi connectivity index (χ0v) is 11.0. The van der Waals surface area contributed by atoms with E-state index in [4.69, 9.17) is 4.98 Å². The highest BCUT2D eigenvalue weighted by molar-refractivity contribution is 5.93. The molecule has 2 aromatic rings. The van der Waals surface area contributed by atoms with Gasteiger partial charge >= 0.3 is 0 Å². The van der Waals surface area contributed by atoms with Gasteiger partial charge in [0.05, 0.1) is 5.52 Å². The number of hydrogen-bond donors (Lipinski definition) is 1. The standard InChI is InChI=1S/C15H16N2.ClH/c1-2-10-16-15-11-6-3-4-8-13(11)17-14-9-5-7-12(14)15;/h2-4,6,8H,1,5,7,9-10H2,(H,16,17);1H/p-1. The summed E-state index contributed by atoms with van der Waals surface area (Å²) in [7, 11) is 0. The highest BCUT2D eigenvalue weighted by Gasteiger charge is 2.18. The molecule has 0 spiro atoms. The van der Waals surface area contributed by atoms with E-state index in [9.17, 15) is 0 Å². The predicted molar refractivity (Wildman–Crippen MR) is 72.5 cm³/mol. The van der Waals surface area contributed by atoms with Crippen LogP contribution in [0, 0.1) is 0 Å². The van der Waals surface area contributed by atoms with Crippen molar-refractivity contribution in [2.24, 2.45) is 0 Å². The van der Waals surface area contributed by atoms with Crippen LogP contribution in [0.2, 0.25) is 0 Å². The van der Waals surface area contributed by atoms with Gasteiger partial charge in [-0.05, 0) is 30.9 Å². The summed E-state index contributed by atoms with van der Waals surface area (Å²) in [6.07, 6.45) is 5.38. The van der Waals surface area contributed by atoms with Crippen molar-refractivity contribution in [3.05, 3.63) is 48.2 Å². The van der Waals surface area contributed by atoms with E-state index in [1.165, 1.54) is 28.8 Å². The van der Waals surface area contributed by atoms with Gasteiger partial charge in [-0.2, -0.15) is 0 Å². The van der Waals surface area contributed by atoms with Crippen molar-refractivity contribution in [3.63, 3.8) is 0 Å². The summed E-state index contributed by atoms with van der Waals surface area (Å²) in [5.74, 6) is 0. The number of hydrogen-bond acceptors (Lipinski definition) is 2. The average molecular weight is 260 g/mol. The summed E-state index contributed by atoms with van der Waals surface area (Å²) in [5, 5.41) is 4.71. The molecule has 1 aliphatic rings. The van der Waals surface area contributed by atoms with Crippen LogP contribution in [0.1, 0.15) is 17.7 Å². The van der Waals surface area contributed by atoms with Gasteiger partial charge in [-0.3, -0.25) is 4.98 Å². The Bertz CT molecular complexity index is 578. The van der Waals surface area contributed by atoms with Crippen LogP contribution in [-0.4, -0.2) is 11.5 Å². The number of aryl methyl sites for hydroxylation is 1. The lowest BCUT2D eigenvalue weighted by Gasteiger charge is -2.13. The molecule has 0 amide bonds. The number of benzene rings is 1. The minimum absolute atomic E-state index is 0. The zero-order valence-electron chi connectivity index (χ0n) is 10.2. The number of nitrogens with one attached hydrogen (secondary N) is 1. The first-order valence-electron chi connectivity index (χ1n) is 6.15. The van der Waals surface area contributed by atoms with E-state index in [0.717, 1.165) is 24.9 Å². The Hall–Kier alpha value is -1.54. The Morgan fingerprint density at radius 1 is 1.28 bits per heavy atom. The zero-order chi connectivity index (χ0) is 11.7. The van der Waals surface area contributed by atoms with E-state index in [0.29, 0.717) is 0 Å². The number of rotatable bonds is 3. The number of anilines is 1. The van der Waals surface area contributed by atoms with E-state index in [1.54, 1.807) is 0 Å². The molecule has 3 rings (SSSR count). The van der Waals surface area contributed by atoms with Gasteiger partial charge in [0.15, 0.2) is 0 Å². The predicted octanol–water partition coefficient (Wildman–Crippen LogP) is 0.325. The fourth-order valence-electron chi connectivity index (χ4n) is 2.59. The molecule has 1 aromatic carbocycles. The Kier molecular flexibility index (Phi) is 3.87. The summed E-state index contributed by atoms with van der Waals surface area (Å²) in [5.41, 5.74) is 5.04. The molecule has 1 N–H and O–H groups in total. The molecule has 94 valence electrons. The molecule has 1 heterocycles. The number of halogens is 1. The first-order valence-corrected chi connectivity index (χ1v) is 6.15. The molecule has 0 atom stereocenters. The molecule has 1 aliphatic carbocycles. The summed E-state index contributed by atoms with van der Waals surface area (Å²) >= 11 is 0. The molecule has 2 nitrogen and oxygen atoms in total. The second kappa shape index (κ2) is 5.40. The van der Waals surface area contributed by atoms with E-state index in [1.807, 2.05) is 12.1 Å². The number of nitrogens with zero attached hydrogens (tertiary/aromatic N) is 1. The lowest BCUT2D eigenvalue weighted by Crippen LogP contribution is -3.00. The van der Waals surface area contributed by atoms with Crippen molar-refractivity contribution in [1.82, 2.24) is 4.98 Å². The van der Waals surface area contributed by atoms with Crippen LogP contribution in [0.15, 0.2) is 36.9 Å². The molecule has 0 unspecified atom stereocenters. The maximum absolute atomic E-state index is 4.76. The fraction of sp³-hybridized carbons (Fsp3) is 0.267. The molecule has 1 aromatic heterocycles. The van der Waals surface area contributed by atoms with Crippen LogP contribution in [0.4, 0.5) is 5.69 Å². The molecule has 3 heteroatoms. The maximum Gasteiger partial charge on any atom is 0.0726 e. The van der Waals surface area contributed by atoms with Crippen molar-refractivity contribution >= 4 is 16.6 Å². The first kappa shape index (κ1) is 12.9. The van der Waals surface area contributed by atoms with Gasteiger partial charge in [-0.1, -0.05) is 24.3 Å². The molecule has 0 bridgehead atoms. The molecule has 0 radical (unpaired) electrons. The largest absolute Gasteiger partial charge is 1.00 e. The highest BCUT2D eigenvalue weighted by atomic mass is 35.5. The molecule has 0 aliphatic heterocycles. The Morgan fingerprint density at radius 2 is 2.11 bits per heavy atom. The van der Waals surface area contributed by atoms with E-state index >= 15 is 0 Å². The van der Waals surface area contributed by atoms with Gasteiger partial charge in [-0.25, -0.2) is 0 Å². The summed E-state index contributed by atoms with van der Waals surface area (Å²) in [4.78, 5) is 4.76. The minimum atomic E-state index is 0. The van der Waals surface area contributed by atoms with Crippen LogP contribution in [-0.2, 0) is 12.8 Å². The molecular formula is C15H16ClN2-. The van der Waals surface area contributed by atoms with Crippen molar-refractivity contribution in [3.8, 4) is 0 Å². The second-order valence-electron chi connectivity index (χ2n) is 4.45. The third kappa shape index (κ3) is 2.08. The van der Waals surface area contributed by atoms with Crippen LogP contribution in [0.25, 0.3) is 10.9 Å². The topological polar surface area (TPSA) is 24.9 Å². The van der Waals surface area contributed by atoms with Crippen molar-refractivity contribution < 1.29 is 12.4 Å². The first-order chi connectivity index (χ1) is 8.40. The van der Waals surface area contributed by atoms with E-state index < -0.39 is 0 Å². The normalized spacial score (nSPS) is 12.9. The summed E-state index contributed by atoms with van der Waals surface area (Å²) in [6.45, 7) is 4.58. The van der Waals surface area contributed by atoms with Crippen LogP contribution in [0.3, 0.4) is 0 Å². The fourth-order valence-corrected chi connectivity index (χ4v) is 2.59. The van der Waals surface area contributed by atoms with Crippen molar-refractivity contribution in [2.45, 2.75) is 19.3 Å². The average Bonchev–Trinajstić information content (AvgIpc) is 2.82. The van der Waals surface area contributed by atoms with Gasteiger partial charge in [0.1, 0.15) is 0 Å². The van der Waals surface area contributed by atoms with Crippen molar-refractivity contribution in [2.75, 3.05) is 11.9 Å². The number of para-hydroxylation sites is 1. The lowest BCUT2D eigenvalue weighted by molar-refractivity contribution is -0.00000342. The molecule has 0 saturated carbocycles. The van der Waals surface area contributed by atoms with Crippen LogP contribution < -0.4 is 17.7 Å². The molecule has 18 heavy (non-hydrogen) atoms. The van der Waals surface area contributed by atoms with Crippen molar-refractivity contribution in [1.29, 1.82) is 0 Å². The molecular weight excluding hydrogens is 244 g/mol. The Morgan fingerprint density at radius 3 is 2.94 bits per heavy atom. The Balaban J connectivity index is 0.00000120. The van der Waals surface area contributed by atoms with Crippen LogP contribution in [0.5, 0.6) is 0 Å². The smallest absolute Gasteiger partial charge is 0.0726 e. The third-order valence-corrected chi connectivity index (χ3v) is 3.34. The van der Waals surface area contributed by atoms with E-state index in [-0.39, 0.29) is 12.4 Å². The quantitative estimate of drug-likeness (QED) is 0.804. The van der Waals surface area contributed by atoms with E-state index in [2.05, 4.69) is 30.1 Å². The number of aromatic nitrogens is 1. The monoisotopic (exact) mass is 259 g/mol. The second-order valence-corrected chi connectivity index (χ2v) is 4.45. The SMILES string of the molecule is C=CCNc1c2c(nc3ccccc13)CCC2.[Cl-]. The van der Waals surface area contributed by atoms with Gasteiger partial charge < -0.3 is 17.7 Å². The maximum atomic E-state index is 4.76. The molecule has 0 fully saturated rings. The van der Waals surface area contributed by atoms with Gasteiger partial charge in [0.2, 0.25) is 0 Å². The van der Waals surface area contributed by atoms with Crippen LogP contribution >= 0.6 is 0 Å². The Labute approximate surface area is 114 Å². The number of fused-ring (bicyclic) bond motifs is 2. The number of pyridine rings is 1. The lowest BCUT2D eigenvalue weighted by atomic mass is 10.1. The minimum Gasteiger partial charge on any atom is -1.00 e. The van der Waals surface area contributed by atoms with Gasteiger partial charge in [0, 0.05) is 23.3 Å². The van der Waals surface area contributed by atoms with Gasteiger partial charge in [0.25, 0.3) is 0 Å². The van der Waals surface area contributed by atoms with Gasteiger partial charge in [-0.15, -0.1) is 6.58 Å². The molecule has 0 saturated heterocycles.